The molecule has 0 saturated carbocycles. The van der Waals surface area contributed by atoms with E-state index in [1.54, 1.807) is 0 Å². The molecule has 0 radical (unpaired) electrons. The van der Waals surface area contributed by atoms with Gasteiger partial charge in [0.15, 0.2) is 5.65 Å². The van der Waals surface area contributed by atoms with E-state index in [0.717, 1.165) is 56.4 Å². The highest BCUT2D eigenvalue weighted by Gasteiger charge is 2.19. The van der Waals surface area contributed by atoms with Crippen molar-refractivity contribution in [2.75, 3.05) is 4.90 Å². The molecule has 4 nitrogen and oxygen atoms in total. The lowest BCUT2D eigenvalue weighted by atomic mass is 10.0. The molecule has 0 aliphatic carbocycles. The van der Waals surface area contributed by atoms with E-state index < -0.39 is 0 Å². The van der Waals surface area contributed by atoms with Crippen LogP contribution < -0.4 is 4.90 Å². The van der Waals surface area contributed by atoms with Crippen LogP contribution in [0.2, 0.25) is 0 Å². The Morgan fingerprint density at radius 2 is 1.05 bits per heavy atom. The van der Waals surface area contributed by atoms with Crippen LogP contribution in [0, 0.1) is 0 Å². The van der Waals surface area contributed by atoms with Crippen LogP contribution in [0.4, 0.5) is 17.1 Å². The number of benzene rings is 5. The number of anilines is 3. The van der Waals surface area contributed by atoms with E-state index in [0.29, 0.717) is 0 Å². The van der Waals surface area contributed by atoms with Crippen molar-refractivity contribution in [1.82, 2.24) is 14.5 Å². The number of para-hydroxylation sites is 3. The molecule has 7 aromatic rings. The number of hydrogen-bond acceptors (Lipinski definition) is 3. The number of aromatic nitrogens is 3. The van der Waals surface area contributed by atoms with Gasteiger partial charge in [0.1, 0.15) is 11.3 Å². The quantitative estimate of drug-likeness (QED) is 0.222. The third kappa shape index (κ3) is 4.32. The first-order valence-electron chi connectivity index (χ1n) is 13.4. The van der Waals surface area contributed by atoms with Gasteiger partial charge in [-0.15, -0.1) is 0 Å². The van der Waals surface area contributed by atoms with E-state index in [1.807, 2.05) is 36.5 Å². The molecular formula is C36H26N4. The van der Waals surface area contributed by atoms with Gasteiger partial charge in [0.2, 0.25) is 0 Å². The summed E-state index contributed by atoms with van der Waals surface area (Å²) in [6.07, 6.45) is 1.83. The molecule has 0 bridgehead atoms. The highest BCUT2D eigenvalue weighted by molar-refractivity contribution is 5.85. The Bertz CT molecular complexity index is 1840. The fraction of sp³-hybridized carbons (Fsp3) is 0. The van der Waals surface area contributed by atoms with Crippen molar-refractivity contribution in [3.8, 4) is 28.2 Å². The second kappa shape index (κ2) is 10.4. The standard InChI is InChI=1S/C36H26N4/c1-4-13-27(14-5-1)32-19-10-11-21-34(32)40-35(38-33-20-12-26-37-36(33)40)28-22-24-31(25-23-28)39(29-15-6-2-7-16-29)30-17-8-3-9-18-30/h1-26H. The maximum absolute atomic E-state index is 5.07. The van der Waals surface area contributed by atoms with Crippen LogP contribution in [-0.2, 0) is 0 Å². The van der Waals surface area contributed by atoms with Gasteiger partial charge in [-0.2, -0.15) is 0 Å². The third-order valence-electron chi connectivity index (χ3n) is 7.06. The molecule has 0 amide bonds. The van der Waals surface area contributed by atoms with Crippen LogP contribution in [0.1, 0.15) is 0 Å². The van der Waals surface area contributed by atoms with Gasteiger partial charge in [-0.3, -0.25) is 4.57 Å². The van der Waals surface area contributed by atoms with Crippen LogP contribution >= 0.6 is 0 Å². The number of nitrogens with zero attached hydrogens (tertiary/aromatic N) is 4. The molecule has 0 aliphatic heterocycles. The van der Waals surface area contributed by atoms with E-state index in [-0.39, 0.29) is 0 Å². The molecule has 4 heteroatoms. The highest BCUT2D eigenvalue weighted by Crippen LogP contribution is 2.37. The average molecular weight is 515 g/mol. The van der Waals surface area contributed by atoms with E-state index in [1.165, 1.54) is 0 Å². The maximum Gasteiger partial charge on any atom is 0.164 e. The maximum atomic E-state index is 5.07. The minimum atomic E-state index is 0.833. The number of pyridine rings is 1. The zero-order valence-corrected chi connectivity index (χ0v) is 21.8. The van der Waals surface area contributed by atoms with Crippen molar-refractivity contribution in [2.24, 2.45) is 0 Å². The van der Waals surface area contributed by atoms with Crippen molar-refractivity contribution in [1.29, 1.82) is 0 Å². The second-order valence-corrected chi connectivity index (χ2v) is 9.55. The molecule has 190 valence electrons. The molecule has 0 unspecified atom stereocenters. The van der Waals surface area contributed by atoms with Crippen LogP contribution in [-0.4, -0.2) is 14.5 Å². The number of fused-ring (bicyclic) bond motifs is 1. The molecule has 5 aromatic carbocycles. The predicted molar refractivity (Wildman–Crippen MR) is 164 cm³/mol. The molecule has 2 heterocycles. The molecule has 0 spiro atoms. The molecule has 0 fully saturated rings. The summed E-state index contributed by atoms with van der Waals surface area (Å²) in [4.78, 5) is 12.1. The molecular weight excluding hydrogens is 488 g/mol. The van der Waals surface area contributed by atoms with Gasteiger partial charge in [0.05, 0.1) is 5.69 Å². The van der Waals surface area contributed by atoms with E-state index >= 15 is 0 Å². The summed E-state index contributed by atoms with van der Waals surface area (Å²) in [5.41, 5.74) is 9.33. The van der Waals surface area contributed by atoms with Crippen molar-refractivity contribution < 1.29 is 0 Å². The summed E-state index contributed by atoms with van der Waals surface area (Å²) in [5.74, 6) is 0.856. The Morgan fingerprint density at radius 3 is 1.73 bits per heavy atom. The Kier molecular flexibility index (Phi) is 6.11. The van der Waals surface area contributed by atoms with Crippen molar-refractivity contribution in [2.45, 2.75) is 0 Å². The monoisotopic (exact) mass is 514 g/mol. The van der Waals surface area contributed by atoms with Gasteiger partial charge in [-0.05, 0) is 72.3 Å². The molecule has 0 saturated heterocycles. The molecule has 7 rings (SSSR count). The van der Waals surface area contributed by atoms with Crippen LogP contribution in [0.3, 0.4) is 0 Å². The summed E-state index contributed by atoms with van der Waals surface area (Å²) >= 11 is 0. The van der Waals surface area contributed by atoms with Crippen LogP contribution in [0.15, 0.2) is 158 Å². The zero-order chi connectivity index (χ0) is 26.7. The topological polar surface area (TPSA) is 34.0 Å². The predicted octanol–water partition coefficient (Wildman–Crippen LogP) is 9.22. The molecule has 0 aliphatic rings. The van der Waals surface area contributed by atoms with Gasteiger partial charge < -0.3 is 4.90 Å². The fourth-order valence-corrected chi connectivity index (χ4v) is 5.23. The highest BCUT2D eigenvalue weighted by atomic mass is 15.1. The Hall–Kier alpha value is -5.48. The van der Waals surface area contributed by atoms with Gasteiger partial charge in [0, 0.05) is 34.4 Å². The second-order valence-electron chi connectivity index (χ2n) is 9.55. The van der Waals surface area contributed by atoms with Gasteiger partial charge in [0.25, 0.3) is 0 Å². The first-order chi connectivity index (χ1) is 19.9. The molecule has 40 heavy (non-hydrogen) atoms. The number of imidazole rings is 1. The molecule has 2 aromatic heterocycles. The number of rotatable bonds is 6. The lowest BCUT2D eigenvalue weighted by molar-refractivity contribution is 1.08. The Morgan fingerprint density at radius 1 is 0.475 bits per heavy atom. The average Bonchev–Trinajstić information content (AvgIpc) is 3.43. The normalized spacial score (nSPS) is 11.0. The van der Waals surface area contributed by atoms with E-state index in [2.05, 4.69) is 131 Å². The minimum Gasteiger partial charge on any atom is -0.311 e. The number of hydrogen-bond donors (Lipinski definition) is 0. The molecule has 0 atom stereocenters. The van der Waals surface area contributed by atoms with Crippen LogP contribution in [0.25, 0.3) is 39.4 Å². The molecule has 0 N–H and O–H groups in total. The summed E-state index contributed by atoms with van der Waals surface area (Å²) in [7, 11) is 0. The first kappa shape index (κ1) is 23.6. The van der Waals surface area contributed by atoms with Gasteiger partial charge >= 0.3 is 0 Å². The van der Waals surface area contributed by atoms with E-state index in [9.17, 15) is 0 Å². The summed E-state index contributed by atoms with van der Waals surface area (Å²) < 4.78 is 2.18. The Balaban J connectivity index is 1.38. The Labute approximate surface area is 233 Å². The van der Waals surface area contributed by atoms with Crippen molar-refractivity contribution in [3.05, 3.63) is 158 Å². The van der Waals surface area contributed by atoms with Gasteiger partial charge in [-0.25, -0.2) is 9.97 Å². The SMILES string of the molecule is c1ccc(-c2ccccc2-n2c(-c3ccc(N(c4ccccc4)c4ccccc4)cc3)nc3cccnc32)cc1. The van der Waals surface area contributed by atoms with E-state index in [4.69, 9.17) is 9.97 Å². The lowest BCUT2D eigenvalue weighted by Gasteiger charge is -2.25. The van der Waals surface area contributed by atoms with Crippen molar-refractivity contribution in [3.63, 3.8) is 0 Å². The smallest absolute Gasteiger partial charge is 0.164 e. The lowest BCUT2D eigenvalue weighted by Crippen LogP contribution is -2.09. The first-order valence-corrected chi connectivity index (χ1v) is 13.4. The third-order valence-corrected chi connectivity index (χ3v) is 7.06. The summed E-state index contributed by atoms with van der Waals surface area (Å²) in [6, 6.07) is 52.4. The minimum absolute atomic E-state index is 0.833. The zero-order valence-electron chi connectivity index (χ0n) is 21.8. The largest absolute Gasteiger partial charge is 0.311 e. The summed E-state index contributed by atoms with van der Waals surface area (Å²) in [5, 5.41) is 0. The van der Waals surface area contributed by atoms with Gasteiger partial charge in [-0.1, -0.05) is 84.9 Å². The van der Waals surface area contributed by atoms with Crippen molar-refractivity contribution >= 4 is 28.2 Å². The fourth-order valence-electron chi connectivity index (χ4n) is 5.23. The summed E-state index contributed by atoms with van der Waals surface area (Å²) in [6.45, 7) is 0. The van der Waals surface area contributed by atoms with Crippen LogP contribution in [0.5, 0.6) is 0 Å².